The fourth-order valence-electron chi connectivity index (χ4n) is 5.40. The normalized spacial score (nSPS) is 18.6. The van der Waals surface area contributed by atoms with Crippen molar-refractivity contribution >= 4 is 29.8 Å². The topological polar surface area (TPSA) is 99.1 Å². The summed E-state index contributed by atoms with van der Waals surface area (Å²) in [6.07, 6.45) is 7.12. The predicted octanol–water partition coefficient (Wildman–Crippen LogP) is 5.16. The second kappa shape index (κ2) is 12.9. The summed E-state index contributed by atoms with van der Waals surface area (Å²) in [6.45, 7) is 11.5. The average Bonchev–Trinajstić information content (AvgIpc) is 3.45. The Kier molecular flexibility index (Phi) is 9.20. The first-order valence-electron chi connectivity index (χ1n) is 15.1. The lowest BCUT2D eigenvalue weighted by Crippen LogP contribution is -2.48. The lowest BCUT2D eigenvalue weighted by atomic mass is 9.77. The molecule has 236 valence electrons. The highest BCUT2D eigenvalue weighted by Crippen LogP contribution is 2.43. The molecule has 2 aromatic carbocycles. The van der Waals surface area contributed by atoms with E-state index in [0.717, 1.165) is 24.9 Å². The molecule has 0 bridgehead atoms. The molecule has 3 aliphatic rings. The van der Waals surface area contributed by atoms with Crippen molar-refractivity contribution in [2.24, 2.45) is 10.4 Å². The van der Waals surface area contributed by atoms with Crippen molar-refractivity contribution in [2.75, 3.05) is 53.7 Å². The summed E-state index contributed by atoms with van der Waals surface area (Å²) >= 11 is 0. The zero-order chi connectivity index (χ0) is 31.5. The van der Waals surface area contributed by atoms with Crippen LogP contribution in [0.3, 0.4) is 0 Å². The van der Waals surface area contributed by atoms with Crippen LogP contribution in [-0.4, -0.2) is 93.1 Å². The number of morpholine rings is 1. The molecular formula is C34H43N3O7. The van der Waals surface area contributed by atoms with Gasteiger partial charge in [0.1, 0.15) is 5.60 Å². The van der Waals surface area contributed by atoms with Crippen LogP contribution in [0.1, 0.15) is 56.5 Å². The van der Waals surface area contributed by atoms with E-state index in [2.05, 4.69) is 18.8 Å². The van der Waals surface area contributed by atoms with Crippen LogP contribution in [0.4, 0.5) is 5.69 Å². The molecular weight excluding hydrogens is 562 g/mol. The number of ether oxygens (including phenoxy) is 5. The summed E-state index contributed by atoms with van der Waals surface area (Å²) < 4.78 is 29.5. The van der Waals surface area contributed by atoms with Crippen molar-refractivity contribution in [3.63, 3.8) is 0 Å². The van der Waals surface area contributed by atoms with E-state index in [-0.39, 0.29) is 17.9 Å². The minimum Gasteiger partial charge on any atom is -0.493 e. The molecule has 0 aliphatic carbocycles. The summed E-state index contributed by atoms with van der Waals surface area (Å²) in [5.74, 6) is 2.07. The highest BCUT2D eigenvalue weighted by atomic mass is 16.5. The fraction of sp³-hybridized carbons (Fsp3) is 0.500. The molecule has 5 rings (SSSR count). The largest absolute Gasteiger partial charge is 0.493 e. The third kappa shape index (κ3) is 6.55. The molecule has 10 nitrogen and oxygen atoms in total. The van der Waals surface area contributed by atoms with E-state index >= 15 is 0 Å². The van der Waals surface area contributed by atoms with Gasteiger partial charge in [-0.15, -0.1) is 0 Å². The number of rotatable bonds is 10. The fourth-order valence-corrected chi connectivity index (χ4v) is 5.40. The third-order valence-electron chi connectivity index (χ3n) is 8.97. The first-order chi connectivity index (χ1) is 21.0. The van der Waals surface area contributed by atoms with Gasteiger partial charge >= 0.3 is 0 Å². The maximum atomic E-state index is 13.3. The predicted molar refractivity (Wildman–Crippen MR) is 169 cm³/mol. The molecule has 44 heavy (non-hydrogen) atoms. The van der Waals surface area contributed by atoms with Crippen molar-refractivity contribution in [1.29, 1.82) is 0 Å². The maximum absolute atomic E-state index is 13.3. The van der Waals surface area contributed by atoms with E-state index in [1.807, 2.05) is 43.2 Å². The summed E-state index contributed by atoms with van der Waals surface area (Å²) in [5.41, 5.74) is 0.723. The standard InChI is InChI=1S/C34H43N3O7/c1-33(2,22-43-27-11-9-23(18-28(27)40-5)10-12-31(38)36-14-16-42-17-15-36)34(3,4)44-30-20-26-25(19-29(30)41-6)32(39)37-13-7-8-24(37)21-35-26/h9-12,18-21,24H,7-8,13-17,22H2,1-6H3. The molecule has 1 unspecified atom stereocenters. The molecule has 0 aromatic heterocycles. The number of carbonyl (C=O) groups excluding carboxylic acids is 2. The summed E-state index contributed by atoms with van der Waals surface area (Å²) in [6, 6.07) is 9.14. The Hall–Kier alpha value is -4.05. The molecule has 3 heterocycles. The third-order valence-corrected chi connectivity index (χ3v) is 8.97. The lowest BCUT2D eigenvalue weighted by Gasteiger charge is -2.41. The van der Waals surface area contributed by atoms with Crippen LogP contribution < -0.4 is 18.9 Å². The van der Waals surface area contributed by atoms with Crippen LogP contribution in [0.25, 0.3) is 6.08 Å². The van der Waals surface area contributed by atoms with Gasteiger partial charge in [-0.05, 0) is 56.5 Å². The Bertz CT molecular complexity index is 1440. The SMILES string of the molecule is COc1cc(C=CC(=O)N2CCOCC2)ccc1OCC(C)(C)C(C)(C)Oc1cc2c(cc1OC)C(=O)N1CCCC1C=N2. The zero-order valence-corrected chi connectivity index (χ0v) is 26.6. The molecule has 3 aliphatic heterocycles. The van der Waals surface area contributed by atoms with Crippen LogP contribution in [0, 0.1) is 5.41 Å². The van der Waals surface area contributed by atoms with Gasteiger partial charge in [-0.3, -0.25) is 14.6 Å². The van der Waals surface area contributed by atoms with E-state index in [1.165, 1.54) is 0 Å². The Labute approximate surface area is 259 Å². The van der Waals surface area contributed by atoms with Crippen molar-refractivity contribution in [3.05, 3.63) is 47.5 Å². The molecule has 10 heteroatoms. The number of hydrogen-bond donors (Lipinski definition) is 0. The number of aliphatic imine (C=N–C) groups is 1. The number of carbonyl (C=O) groups is 2. The number of benzene rings is 2. The smallest absolute Gasteiger partial charge is 0.256 e. The van der Waals surface area contributed by atoms with Crippen molar-refractivity contribution in [1.82, 2.24) is 9.80 Å². The van der Waals surface area contributed by atoms with Gasteiger partial charge in [0, 0.05) is 43.4 Å². The Morgan fingerprint density at radius 1 is 1.00 bits per heavy atom. The van der Waals surface area contributed by atoms with E-state index < -0.39 is 11.0 Å². The molecule has 0 saturated carbocycles. The Morgan fingerprint density at radius 2 is 1.73 bits per heavy atom. The van der Waals surface area contributed by atoms with Crippen molar-refractivity contribution in [3.8, 4) is 23.0 Å². The molecule has 2 amide bonds. The first-order valence-corrected chi connectivity index (χ1v) is 15.1. The summed E-state index contributed by atoms with van der Waals surface area (Å²) in [4.78, 5) is 34.1. The van der Waals surface area contributed by atoms with E-state index in [4.69, 9.17) is 23.7 Å². The minimum absolute atomic E-state index is 0.0254. The van der Waals surface area contributed by atoms with Gasteiger partial charge in [-0.25, -0.2) is 0 Å². The lowest BCUT2D eigenvalue weighted by molar-refractivity contribution is -0.129. The summed E-state index contributed by atoms with van der Waals surface area (Å²) in [7, 11) is 3.16. The number of fused-ring (bicyclic) bond motifs is 2. The quantitative estimate of drug-likeness (QED) is 0.345. The molecule has 0 spiro atoms. The van der Waals surface area contributed by atoms with Crippen molar-refractivity contribution < 1.29 is 33.3 Å². The van der Waals surface area contributed by atoms with Gasteiger partial charge < -0.3 is 33.5 Å². The Balaban J connectivity index is 1.28. The first kappa shape index (κ1) is 31.4. The molecule has 0 radical (unpaired) electrons. The van der Waals surface area contributed by atoms with Gasteiger partial charge in [0.15, 0.2) is 23.0 Å². The van der Waals surface area contributed by atoms with Crippen LogP contribution in [0.2, 0.25) is 0 Å². The van der Waals surface area contributed by atoms with Gasteiger partial charge in [-0.2, -0.15) is 0 Å². The van der Waals surface area contributed by atoms with Crippen LogP contribution in [0.5, 0.6) is 23.0 Å². The average molecular weight is 606 g/mol. The second-order valence-electron chi connectivity index (χ2n) is 12.5. The molecule has 2 fully saturated rings. The molecule has 1 atom stereocenters. The van der Waals surface area contributed by atoms with Gasteiger partial charge in [0.25, 0.3) is 5.91 Å². The maximum Gasteiger partial charge on any atom is 0.256 e. The van der Waals surface area contributed by atoms with E-state index in [9.17, 15) is 9.59 Å². The van der Waals surface area contributed by atoms with Crippen LogP contribution in [-0.2, 0) is 9.53 Å². The van der Waals surface area contributed by atoms with Crippen molar-refractivity contribution in [2.45, 2.75) is 52.2 Å². The highest BCUT2D eigenvalue weighted by Gasteiger charge is 2.41. The van der Waals surface area contributed by atoms with Gasteiger partial charge in [0.05, 0.1) is 51.3 Å². The number of amides is 2. The summed E-state index contributed by atoms with van der Waals surface area (Å²) in [5, 5.41) is 0. The highest BCUT2D eigenvalue weighted by molar-refractivity contribution is 6.03. The van der Waals surface area contributed by atoms with E-state index in [1.54, 1.807) is 43.4 Å². The number of methoxy groups -OCH3 is 2. The number of nitrogens with zero attached hydrogens (tertiary/aromatic N) is 3. The zero-order valence-electron chi connectivity index (χ0n) is 26.6. The van der Waals surface area contributed by atoms with Crippen LogP contribution in [0.15, 0.2) is 41.4 Å². The second-order valence-corrected chi connectivity index (χ2v) is 12.5. The molecule has 0 N–H and O–H groups in total. The number of hydrogen-bond acceptors (Lipinski definition) is 8. The monoisotopic (exact) mass is 605 g/mol. The molecule has 2 saturated heterocycles. The van der Waals surface area contributed by atoms with Gasteiger partial charge in [0.2, 0.25) is 5.91 Å². The van der Waals surface area contributed by atoms with Crippen LogP contribution >= 0.6 is 0 Å². The van der Waals surface area contributed by atoms with Gasteiger partial charge in [-0.1, -0.05) is 19.9 Å². The van der Waals surface area contributed by atoms with E-state index in [0.29, 0.717) is 67.2 Å². The molecule has 2 aromatic rings. The Morgan fingerprint density at radius 3 is 2.45 bits per heavy atom. The minimum atomic E-state index is -0.719.